The number of benzene rings is 1. The largest absolute Gasteiger partial charge is 0.429 e. The number of allylic oxidation sites excluding steroid dienone is 2. The van der Waals surface area contributed by atoms with Gasteiger partial charge in [-0.3, -0.25) is 0 Å². The van der Waals surface area contributed by atoms with Crippen LogP contribution in [0.5, 0.6) is 5.75 Å². The molecule has 140 valence electrons. The lowest BCUT2D eigenvalue weighted by atomic mass is 9.77. The molecule has 25 heavy (non-hydrogen) atoms. The minimum atomic E-state index is -3.24. The van der Waals surface area contributed by atoms with E-state index in [1.54, 1.807) is 0 Å². The van der Waals surface area contributed by atoms with E-state index in [-0.39, 0.29) is 5.92 Å². The van der Waals surface area contributed by atoms with E-state index < -0.39 is 24.0 Å². The first-order valence-electron chi connectivity index (χ1n) is 9.10. The van der Waals surface area contributed by atoms with Gasteiger partial charge in [-0.2, -0.15) is 8.78 Å². The van der Waals surface area contributed by atoms with E-state index in [0.717, 1.165) is 63.5 Å². The summed E-state index contributed by atoms with van der Waals surface area (Å²) in [6.45, 7) is -1.08. The van der Waals surface area contributed by atoms with Gasteiger partial charge in [0, 0.05) is 0 Å². The Balaban J connectivity index is 1.88. The molecule has 0 aromatic heterocycles. The second-order valence-corrected chi connectivity index (χ2v) is 6.75. The van der Waals surface area contributed by atoms with Crippen LogP contribution >= 0.6 is 0 Å². The van der Waals surface area contributed by atoms with Gasteiger partial charge in [-0.1, -0.05) is 25.5 Å². The lowest BCUT2D eigenvalue weighted by Crippen LogP contribution is -2.14. The van der Waals surface area contributed by atoms with Gasteiger partial charge in [0.05, 0.1) is 0 Å². The molecular weight excluding hydrogens is 332 g/mol. The molecule has 0 bridgehead atoms. The van der Waals surface area contributed by atoms with Crippen LogP contribution in [0.15, 0.2) is 24.3 Å². The topological polar surface area (TPSA) is 9.23 Å². The molecule has 0 unspecified atom stereocenters. The normalized spacial score (nSPS) is 21.2. The van der Waals surface area contributed by atoms with Gasteiger partial charge in [0.1, 0.15) is 0 Å². The van der Waals surface area contributed by atoms with Crippen LogP contribution in [0.4, 0.5) is 17.6 Å². The van der Waals surface area contributed by atoms with Crippen molar-refractivity contribution in [2.75, 3.05) is 0 Å². The van der Waals surface area contributed by atoms with Crippen molar-refractivity contribution in [1.82, 2.24) is 0 Å². The number of alkyl halides is 2. The van der Waals surface area contributed by atoms with Crippen LogP contribution in [-0.4, -0.2) is 6.61 Å². The van der Waals surface area contributed by atoms with Crippen molar-refractivity contribution in [3.8, 4) is 5.75 Å². The van der Waals surface area contributed by atoms with Crippen molar-refractivity contribution in [3.05, 3.63) is 41.5 Å². The highest BCUT2D eigenvalue weighted by Crippen LogP contribution is 2.39. The van der Waals surface area contributed by atoms with Crippen molar-refractivity contribution < 1.29 is 22.3 Å². The predicted octanol–water partition coefficient (Wildman–Crippen LogP) is 6.98. The molecule has 0 atom stereocenters. The first-order chi connectivity index (χ1) is 12.0. The van der Waals surface area contributed by atoms with Gasteiger partial charge in [-0.05, 0) is 74.5 Å². The van der Waals surface area contributed by atoms with E-state index in [1.807, 2.05) is 0 Å². The fourth-order valence-electron chi connectivity index (χ4n) is 3.54. The fourth-order valence-corrected chi connectivity index (χ4v) is 3.54. The molecule has 0 radical (unpaired) electrons. The summed E-state index contributed by atoms with van der Waals surface area (Å²) in [4.78, 5) is 0. The summed E-state index contributed by atoms with van der Waals surface area (Å²) in [7, 11) is 0. The Labute approximate surface area is 147 Å². The molecule has 0 saturated heterocycles. The van der Waals surface area contributed by atoms with Gasteiger partial charge in [0.25, 0.3) is 0 Å². The molecule has 1 aromatic carbocycles. The third kappa shape index (κ3) is 6.05. The molecule has 1 aliphatic carbocycles. The van der Waals surface area contributed by atoms with Gasteiger partial charge in [0.2, 0.25) is 0 Å². The van der Waals surface area contributed by atoms with Gasteiger partial charge in [-0.15, -0.1) is 0 Å². The van der Waals surface area contributed by atoms with E-state index in [1.165, 1.54) is 0 Å². The van der Waals surface area contributed by atoms with Crippen LogP contribution in [0.1, 0.15) is 69.8 Å². The van der Waals surface area contributed by atoms with E-state index in [4.69, 9.17) is 0 Å². The first-order valence-corrected chi connectivity index (χ1v) is 9.10. The maximum Gasteiger partial charge on any atom is 0.387 e. The third-order valence-electron chi connectivity index (χ3n) is 4.91. The summed E-state index contributed by atoms with van der Waals surface area (Å²) in [6, 6.07) is 2.28. The van der Waals surface area contributed by atoms with Gasteiger partial charge >= 0.3 is 6.61 Å². The summed E-state index contributed by atoms with van der Waals surface area (Å²) >= 11 is 0. The van der Waals surface area contributed by atoms with Crippen LogP contribution in [0.3, 0.4) is 0 Å². The monoisotopic (exact) mass is 358 g/mol. The molecule has 0 heterocycles. The molecule has 5 heteroatoms. The summed E-state index contributed by atoms with van der Waals surface area (Å²) in [5.41, 5.74) is 0.540. The smallest absolute Gasteiger partial charge is 0.387 e. The van der Waals surface area contributed by atoms with Crippen molar-refractivity contribution in [3.63, 3.8) is 0 Å². The number of halogens is 4. The van der Waals surface area contributed by atoms with E-state index in [2.05, 4.69) is 23.8 Å². The van der Waals surface area contributed by atoms with Crippen LogP contribution in [-0.2, 0) is 0 Å². The molecule has 0 amide bonds. The lowest BCUT2D eigenvalue weighted by molar-refractivity contribution is -0.0546. The summed E-state index contributed by atoms with van der Waals surface area (Å²) in [6.07, 6.45) is 12.8. The standard InChI is InChI=1S/C20H26F4O/c1-2-3-4-5-6-7-14-8-10-15(11-9-14)16-12-17(21)19(18(22)13-16)25-20(23)24/h4-5,12-15,20H,2-3,6-11H2,1H3. The number of rotatable bonds is 8. The number of ether oxygens (including phenoxy) is 1. The molecule has 0 aliphatic heterocycles. The quantitative estimate of drug-likeness (QED) is 0.360. The minimum Gasteiger partial charge on any atom is -0.429 e. The van der Waals surface area contributed by atoms with Gasteiger partial charge in [0.15, 0.2) is 17.4 Å². The Morgan fingerprint density at radius 3 is 2.20 bits per heavy atom. The minimum absolute atomic E-state index is 0.0801. The van der Waals surface area contributed by atoms with Crippen molar-refractivity contribution >= 4 is 0 Å². The predicted molar refractivity (Wildman–Crippen MR) is 91.0 cm³/mol. The van der Waals surface area contributed by atoms with Crippen LogP contribution in [0.25, 0.3) is 0 Å². The average molecular weight is 358 g/mol. The maximum atomic E-state index is 13.9. The molecule has 0 N–H and O–H groups in total. The molecule has 0 spiro atoms. The van der Waals surface area contributed by atoms with Crippen LogP contribution in [0, 0.1) is 17.6 Å². The van der Waals surface area contributed by atoms with Gasteiger partial charge < -0.3 is 4.74 Å². The maximum absolute atomic E-state index is 13.9. The van der Waals surface area contributed by atoms with E-state index in [0.29, 0.717) is 11.5 Å². The molecule has 1 aliphatic rings. The summed E-state index contributed by atoms with van der Waals surface area (Å²) in [5, 5.41) is 0. The highest BCUT2D eigenvalue weighted by Gasteiger charge is 2.25. The average Bonchev–Trinajstić information content (AvgIpc) is 2.58. The Morgan fingerprint density at radius 2 is 1.64 bits per heavy atom. The second kappa shape index (κ2) is 9.83. The lowest BCUT2D eigenvalue weighted by Gasteiger charge is -2.29. The van der Waals surface area contributed by atoms with Crippen molar-refractivity contribution in [2.24, 2.45) is 5.92 Å². The van der Waals surface area contributed by atoms with Crippen molar-refractivity contribution in [2.45, 2.75) is 70.8 Å². The Bertz CT molecular complexity index is 540. The number of hydrogen-bond acceptors (Lipinski definition) is 1. The molecule has 1 aromatic rings. The third-order valence-corrected chi connectivity index (χ3v) is 4.91. The summed E-state index contributed by atoms with van der Waals surface area (Å²) in [5.74, 6) is -2.38. The highest BCUT2D eigenvalue weighted by atomic mass is 19.3. The van der Waals surface area contributed by atoms with E-state index >= 15 is 0 Å². The molecular formula is C20H26F4O. The number of hydrogen-bond donors (Lipinski definition) is 0. The van der Waals surface area contributed by atoms with Crippen LogP contribution < -0.4 is 4.74 Å². The van der Waals surface area contributed by atoms with Crippen LogP contribution in [0.2, 0.25) is 0 Å². The zero-order valence-electron chi connectivity index (χ0n) is 14.6. The Kier molecular flexibility index (Phi) is 7.79. The fraction of sp³-hybridized carbons (Fsp3) is 0.600. The van der Waals surface area contributed by atoms with E-state index in [9.17, 15) is 17.6 Å². The Hall–Kier alpha value is -1.52. The molecule has 1 fully saturated rings. The second-order valence-electron chi connectivity index (χ2n) is 6.75. The highest BCUT2D eigenvalue weighted by molar-refractivity contribution is 5.33. The number of unbranched alkanes of at least 4 members (excludes halogenated alkanes) is 1. The van der Waals surface area contributed by atoms with Gasteiger partial charge in [-0.25, -0.2) is 8.78 Å². The SMILES string of the molecule is CCCC=CCCC1CCC(c2cc(F)c(OC(F)F)c(F)c2)CC1. The molecule has 2 rings (SSSR count). The molecule has 1 saturated carbocycles. The van der Waals surface area contributed by atoms with Crippen molar-refractivity contribution in [1.29, 1.82) is 0 Å². The zero-order chi connectivity index (χ0) is 18.2. The first kappa shape index (κ1) is 19.8. The zero-order valence-corrected chi connectivity index (χ0v) is 14.6. The molecule has 1 nitrogen and oxygen atoms in total. The summed E-state index contributed by atoms with van der Waals surface area (Å²) < 4.78 is 56.0. The Morgan fingerprint density at radius 1 is 1.04 bits per heavy atom.